The van der Waals surface area contributed by atoms with E-state index in [0.29, 0.717) is 42.9 Å². The molecule has 1 aliphatic rings. The summed E-state index contributed by atoms with van der Waals surface area (Å²) in [4.78, 5) is 16.3. The molecular formula is C13H15N3O5S. The molecule has 118 valence electrons. The molecule has 0 bridgehead atoms. The second-order valence-electron chi connectivity index (χ2n) is 4.90. The number of carbonyl (C=O) groups is 1. The van der Waals surface area contributed by atoms with Crippen LogP contribution < -0.4 is 10.6 Å². The molecule has 1 saturated heterocycles. The first kappa shape index (κ1) is 14.8. The van der Waals surface area contributed by atoms with Crippen molar-refractivity contribution in [3.05, 3.63) is 17.8 Å². The Morgan fingerprint density at radius 1 is 1.36 bits per heavy atom. The predicted octanol–water partition coefficient (Wildman–Crippen LogP) is 0.390. The highest BCUT2D eigenvalue weighted by atomic mass is 32.2. The number of benzene rings is 1. The number of phenolic OH excluding ortho intramolecular Hbond substituents is 1. The summed E-state index contributed by atoms with van der Waals surface area (Å²) in [6.07, 6.45) is 0. The lowest BCUT2D eigenvalue weighted by Crippen LogP contribution is -2.37. The fourth-order valence-corrected chi connectivity index (χ4v) is 3.32. The molecular weight excluding hydrogens is 310 g/mol. The number of nitrogens with one attached hydrogen (secondary N) is 1. The molecule has 3 rings (SSSR count). The van der Waals surface area contributed by atoms with Crippen molar-refractivity contribution in [2.75, 3.05) is 31.2 Å². The second-order valence-corrected chi connectivity index (χ2v) is 5.80. The second kappa shape index (κ2) is 5.59. The molecule has 9 heteroatoms. The van der Waals surface area contributed by atoms with Crippen molar-refractivity contribution < 1.29 is 23.4 Å². The number of hydrogen-bond donors (Lipinski definition) is 4. The number of ether oxygens (including phenoxy) is 1. The van der Waals surface area contributed by atoms with Crippen molar-refractivity contribution in [2.45, 2.75) is 4.90 Å². The maximum atomic E-state index is 11.7. The van der Waals surface area contributed by atoms with Crippen LogP contribution in [0.3, 0.4) is 0 Å². The maximum Gasteiger partial charge on any atom is 0.267 e. The average Bonchev–Trinajstić information content (AvgIpc) is 2.87. The zero-order chi connectivity index (χ0) is 15.9. The number of rotatable bonds is 3. The first-order valence-electron chi connectivity index (χ1n) is 6.61. The Bertz CT molecular complexity index is 767. The number of H-pyrrole nitrogens is 1. The fourth-order valence-electron chi connectivity index (χ4n) is 2.69. The van der Waals surface area contributed by atoms with E-state index in [1.807, 2.05) is 4.90 Å². The Balaban J connectivity index is 2.34. The van der Waals surface area contributed by atoms with Crippen LogP contribution in [0, 0.1) is 0 Å². The molecule has 0 aliphatic carbocycles. The van der Waals surface area contributed by atoms with E-state index in [-0.39, 0.29) is 16.3 Å². The van der Waals surface area contributed by atoms with Gasteiger partial charge in [0, 0.05) is 24.0 Å². The first-order chi connectivity index (χ1) is 10.5. The van der Waals surface area contributed by atoms with Crippen molar-refractivity contribution >= 4 is 33.6 Å². The summed E-state index contributed by atoms with van der Waals surface area (Å²) in [5.41, 5.74) is 6.46. The molecule has 0 spiro atoms. The normalized spacial score (nSPS) is 16.9. The van der Waals surface area contributed by atoms with Crippen LogP contribution in [-0.2, 0) is 15.8 Å². The number of carbonyl (C=O) groups excluding carboxylic acids is 1. The van der Waals surface area contributed by atoms with Gasteiger partial charge in [-0.3, -0.25) is 4.79 Å². The number of aromatic nitrogens is 1. The Labute approximate surface area is 128 Å². The van der Waals surface area contributed by atoms with E-state index < -0.39 is 17.0 Å². The summed E-state index contributed by atoms with van der Waals surface area (Å²) < 4.78 is 26.4. The fraction of sp³-hybridized carbons (Fsp3) is 0.308. The maximum absolute atomic E-state index is 11.7. The van der Waals surface area contributed by atoms with E-state index in [1.165, 1.54) is 12.1 Å². The van der Waals surface area contributed by atoms with Crippen molar-refractivity contribution in [1.29, 1.82) is 0 Å². The van der Waals surface area contributed by atoms with Gasteiger partial charge >= 0.3 is 0 Å². The molecule has 0 saturated carbocycles. The van der Waals surface area contributed by atoms with Gasteiger partial charge in [0.25, 0.3) is 5.91 Å². The number of aromatic hydroxyl groups is 1. The first-order valence-corrected chi connectivity index (χ1v) is 7.72. The summed E-state index contributed by atoms with van der Waals surface area (Å²) in [5.74, 6) is -0.982. The molecule has 2 aromatic rings. The number of morpholine rings is 1. The van der Waals surface area contributed by atoms with Gasteiger partial charge in [0.2, 0.25) is 0 Å². The number of phenols is 1. The third kappa shape index (κ3) is 2.32. The van der Waals surface area contributed by atoms with Crippen LogP contribution in [0.2, 0.25) is 0 Å². The van der Waals surface area contributed by atoms with Gasteiger partial charge in [0.05, 0.1) is 18.9 Å². The quantitative estimate of drug-likeness (QED) is 0.604. The van der Waals surface area contributed by atoms with Crippen molar-refractivity contribution in [3.63, 3.8) is 0 Å². The summed E-state index contributed by atoms with van der Waals surface area (Å²) in [5, 5.41) is 10.3. The zero-order valence-electron chi connectivity index (χ0n) is 11.5. The van der Waals surface area contributed by atoms with Crippen LogP contribution in [0.4, 0.5) is 5.69 Å². The molecule has 8 nitrogen and oxygen atoms in total. The van der Waals surface area contributed by atoms with Gasteiger partial charge in [0.15, 0.2) is 11.1 Å². The van der Waals surface area contributed by atoms with Gasteiger partial charge in [-0.1, -0.05) is 0 Å². The molecule has 22 heavy (non-hydrogen) atoms. The number of aromatic amines is 1. The molecule has 1 aromatic carbocycles. The minimum Gasteiger partial charge on any atom is -0.507 e. The van der Waals surface area contributed by atoms with Crippen LogP contribution >= 0.6 is 0 Å². The Kier molecular flexibility index (Phi) is 3.77. The summed E-state index contributed by atoms with van der Waals surface area (Å²) in [7, 11) is 0. The van der Waals surface area contributed by atoms with Crippen molar-refractivity contribution in [1.82, 2.24) is 4.98 Å². The Hall–Kier alpha value is -2.10. The summed E-state index contributed by atoms with van der Waals surface area (Å²) in [6, 6.07) is 2.84. The topological polar surface area (TPSA) is 129 Å². The van der Waals surface area contributed by atoms with Gasteiger partial charge in [0.1, 0.15) is 16.3 Å². The lowest BCUT2D eigenvalue weighted by atomic mass is 10.1. The van der Waals surface area contributed by atoms with Gasteiger partial charge in [-0.15, -0.1) is 0 Å². The van der Waals surface area contributed by atoms with Crippen LogP contribution in [0.25, 0.3) is 10.9 Å². The molecule has 1 unspecified atom stereocenters. The number of nitrogens with zero attached hydrogens (tertiary/aromatic N) is 1. The number of nitrogens with two attached hydrogens (primary N) is 1. The van der Waals surface area contributed by atoms with Crippen LogP contribution in [0.1, 0.15) is 10.5 Å². The molecule has 1 fully saturated rings. The van der Waals surface area contributed by atoms with Crippen LogP contribution in [-0.4, -0.2) is 51.1 Å². The van der Waals surface area contributed by atoms with Crippen molar-refractivity contribution in [3.8, 4) is 5.75 Å². The summed E-state index contributed by atoms with van der Waals surface area (Å²) >= 11 is -2.41. The van der Waals surface area contributed by atoms with Gasteiger partial charge in [-0.25, -0.2) is 4.21 Å². The highest BCUT2D eigenvalue weighted by Gasteiger charge is 2.27. The molecule has 2 heterocycles. The molecule has 5 N–H and O–H groups in total. The van der Waals surface area contributed by atoms with E-state index in [1.54, 1.807) is 0 Å². The lowest BCUT2D eigenvalue weighted by Gasteiger charge is -2.29. The van der Waals surface area contributed by atoms with E-state index in [2.05, 4.69) is 4.98 Å². The van der Waals surface area contributed by atoms with Gasteiger partial charge in [-0.2, -0.15) is 0 Å². The van der Waals surface area contributed by atoms with E-state index in [4.69, 9.17) is 10.5 Å². The van der Waals surface area contributed by atoms with E-state index >= 15 is 0 Å². The number of hydrogen-bond acceptors (Lipinski definition) is 5. The average molecular weight is 325 g/mol. The SMILES string of the molecule is NC(=O)c1[nH]c2ccc(O)c(S(=O)O)c2c1N1CCOCC1. The molecule has 1 aliphatic heterocycles. The van der Waals surface area contributed by atoms with Gasteiger partial charge in [-0.05, 0) is 12.1 Å². The molecule has 1 atom stereocenters. The van der Waals surface area contributed by atoms with E-state index in [9.17, 15) is 18.7 Å². The standard InChI is InChI=1S/C13H15N3O5S/c14-13(18)10-11(16-3-5-21-6-4-16)9-7(15-10)1-2-8(17)12(9)22(19)20/h1-2,15,17H,3-6H2,(H2,14,18)(H,19,20). The number of anilines is 1. The molecule has 0 radical (unpaired) electrons. The minimum absolute atomic E-state index is 0.136. The summed E-state index contributed by atoms with van der Waals surface area (Å²) in [6.45, 7) is 1.98. The largest absolute Gasteiger partial charge is 0.507 e. The highest BCUT2D eigenvalue weighted by Crippen LogP contribution is 2.39. The van der Waals surface area contributed by atoms with Crippen molar-refractivity contribution in [2.24, 2.45) is 5.73 Å². The smallest absolute Gasteiger partial charge is 0.267 e. The predicted molar refractivity (Wildman–Crippen MR) is 80.6 cm³/mol. The third-order valence-electron chi connectivity index (χ3n) is 3.62. The van der Waals surface area contributed by atoms with Crippen LogP contribution in [0.15, 0.2) is 17.0 Å². The van der Waals surface area contributed by atoms with Crippen LogP contribution in [0.5, 0.6) is 5.75 Å². The third-order valence-corrected chi connectivity index (χ3v) is 4.38. The Morgan fingerprint density at radius 3 is 2.64 bits per heavy atom. The highest BCUT2D eigenvalue weighted by molar-refractivity contribution is 7.79. The number of fused-ring (bicyclic) bond motifs is 1. The van der Waals surface area contributed by atoms with E-state index in [0.717, 1.165) is 0 Å². The zero-order valence-corrected chi connectivity index (χ0v) is 12.4. The number of primary amides is 1. The number of amides is 1. The van der Waals surface area contributed by atoms with Gasteiger partial charge < -0.3 is 30.0 Å². The Morgan fingerprint density at radius 2 is 2.05 bits per heavy atom. The molecule has 1 aromatic heterocycles. The molecule has 1 amide bonds. The lowest BCUT2D eigenvalue weighted by molar-refractivity contribution is 0.0994. The minimum atomic E-state index is -2.41. The monoisotopic (exact) mass is 325 g/mol.